The number of hydrogen-bond donors (Lipinski definition) is 1. The minimum Gasteiger partial charge on any atom is -0.486 e. The summed E-state index contributed by atoms with van der Waals surface area (Å²) in [5.41, 5.74) is 1.91. The molecule has 0 bridgehead atoms. The second kappa shape index (κ2) is 6.63. The first kappa shape index (κ1) is 15.7. The van der Waals surface area contributed by atoms with Crippen molar-refractivity contribution in [2.75, 3.05) is 31.2 Å². The van der Waals surface area contributed by atoms with Crippen LogP contribution < -0.4 is 14.4 Å². The number of carbonyl (C=O) groups is 1. The maximum Gasteiger partial charge on any atom is 0.308 e. The lowest BCUT2D eigenvalue weighted by atomic mass is 9.98. The van der Waals surface area contributed by atoms with Gasteiger partial charge >= 0.3 is 5.97 Å². The molecule has 0 amide bonds. The van der Waals surface area contributed by atoms with Crippen molar-refractivity contribution in [2.45, 2.75) is 12.8 Å². The van der Waals surface area contributed by atoms with E-state index >= 15 is 0 Å². The fourth-order valence-electron chi connectivity index (χ4n) is 3.42. The summed E-state index contributed by atoms with van der Waals surface area (Å²) < 4.78 is 11.4. The molecule has 1 saturated heterocycles. The summed E-state index contributed by atoms with van der Waals surface area (Å²) in [7, 11) is 0. The number of rotatable bonds is 3. The highest BCUT2D eigenvalue weighted by Crippen LogP contribution is 2.39. The molecule has 2 aliphatic heterocycles. The van der Waals surface area contributed by atoms with Gasteiger partial charge in [-0.2, -0.15) is 0 Å². The molecule has 0 aliphatic carbocycles. The quantitative estimate of drug-likeness (QED) is 0.926. The third-order valence-corrected chi connectivity index (χ3v) is 4.72. The maximum atomic E-state index is 11.2. The summed E-state index contributed by atoms with van der Waals surface area (Å²) in [6.45, 7) is 2.46. The Morgan fingerprint density at radius 2 is 2.08 bits per heavy atom. The predicted octanol–water partition coefficient (Wildman–Crippen LogP) is 2.82. The van der Waals surface area contributed by atoms with Gasteiger partial charge in [0.1, 0.15) is 19.0 Å². The summed E-state index contributed by atoms with van der Waals surface area (Å²) in [6.07, 6.45) is 3.42. The SMILES string of the molecule is O=C(O)C1CCCN(c2ccc(-c3cccc4c3OCCO4)cn2)C1. The van der Waals surface area contributed by atoms with Gasteiger partial charge in [0.05, 0.1) is 5.92 Å². The minimum atomic E-state index is -0.727. The van der Waals surface area contributed by atoms with E-state index in [4.69, 9.17) is 9.47 Å². The molecule has 1 unspecified atom stereocenters. The lowest BCUT2D eigenvalue weighted by molar-refractivity contribution is -0.141. The van der Waals surface area contributed by atoms with Crippen molar-refractivity contribution < 1.29 is 19.4 Å². The number of anilines is 1. The van der Waals surface area contributed by atoms with Gasteiger partial charge in [-0.15, -0.1) is 0 Å². The Bertz CT molecular complexity index is 775. The number of aliphatic carboxylic acids is 1. The monoisotopic (exact) mass is 340 g/mol. The summed E-state index contributed by atoms with van der Waals surface area (Å²) in [6, 6.07) is 9.78. The molecule has 4 rings (SSSR count). The Hall–Kier alpha value is -2.76. The Labute approximate surface area is 146 Å². The van der Waals surface area contributed by atoms with Gasteiger partial charge in [0.15, 0.2) is 11.5 Å². The Kier molecular flexibility index (Phi) is 4.17. The first-order valence-electron chi connectivity index (χ1n) is 8.55. The summed E-state index contributed by atoms with van der Waals surface area (Å²) in [4.78, 5) is 17.8. The molecule has 0 radical (unpaired) electrons. The average molecular weight is 340 g/mol. The second-order valence-corrected chi connectivity index (χ2v) is 6.36. The molecule has 2 aromatic rings. The van der Waals surface area contributed by atoms with E-state index in [1.54, 1.807) is 0 Å². The van der Waals surface area contributed by atoms with Crippen LogP contribution in [-0.4, -0.2) is 42.4 Å². The summed E-state index contributed by atoms with van der Waals surface area (Å²) >= 11 is 0. The van der Waals surface area contributed by atoms with Gasteiger partial charge in [0, 0.05) is 30.4 Å². The van der Waals surface area contributed by atoms with Crippen molar-refractivity contribution >= 4 is 11.8 Å². The fourth-order valence-corrected chi connectivity index (χ4v) is 3.42. The molecule has 130 valence electrons. The lowest BCUT2D eigenvalue weighted by Gasteiger charge is -2.31. The largest absolute Gasteiger partial charge is 0.486 e. The van der Waals surface area contributed by atoms with Crippen molar-refractivity contribution in [3.05, 3.63) is 36.5 Å². The number of aromatic nitrogens is 1. The average Bonchev–Trinajstić information content (AvgIpc) is 2.68. The number of nitrogens with zero attached hydrogens (tertiary/aromatic N) is 2. The number of fused-ring (bicyclic) bond motifs is 1. The number of benzene rings is 1. The van der Waals surface area contributed by atoms with Gasteiger partial charge in [0.25, 0.3) is 0 Å². The topological polar surface area (TPSA) is 71.9 Å². The van der Waals surface area contributed by atoms with Crippen LogP contribution in [0.4, 0.5) is 5.82 Å². The van der Waals surface area contributed by atoms with Crippen LogP contribution in [0.5, 0.6) is 11.5 Å². The van der Waals surface area contributed by atoms with Crippen LogP contribution in [0.15, 0.2) is 36.5 Å². The molecule has 6 heteroatoms. The van der Waals surface area contributed by atoms with Gasteiger partial charge in [-0.25, -0.2) is 4.98 Å². The molecule has 1 aromatic carbocycles. The molecule has 1 atom stereocenters. The van der Waals surface area contributed by atoms with E-state index in [0.717, 1.165) is 47.8 Å². The molecule has 6 nitrogen and oxygen atoms in total. The van der Waals surface area contributed by atoms with Gasteiger partial charge in [-0.05, 0) is 31.0 Å². The standard InChI is InChI=1S/C19H20N2O4/c22-19(23)14-3-2-8-21(12-14)17-7-6-13(11-20-17)15-4-1-5-16-18(15)25-10-9-24-16/h1,4-7,11,14H,2-3,8-10,12H2,(H,22,23). The number of pyridine rings is 1. The highest BCUT2D eigenvalue weighted by atomic mass is 16.6. The summed E-state index contributed by atoms with van der Waals surface area (Å²) in [5.74, 6) is 1.29. The van der Waals surface area contributed by atoms with E-state index in [1.807, 2.05) is 41.4 Å². The molecular formula is C19H20N2O4. The first-order chi connectivity index (χ1) is 12.2. The maximum absolute atomic E-state index is 11.2. The molecule has 25 heavy (non-hydrogen) atoms. The molecule has 0 saturated carbocycles. The number of ether oxygens (including phenoxy) is 2. The highest BCUT2D eigenvalue weighted by molar-refractivity contribution is 5.74. The van der Waals surface area contributed by atoms with Crippen molar-refractivity contribution in [3.63, 3.8) is 0 Å². The molecule has 1 N–H and O–H groups in total. The Balaban J connectivity index is 1.58. The van der Waals surface area contributed by atoms with Crippen LogP contribution in [0.25, 0.3) is 11.1 Å². The van der Waals surface area contributed by atoms with E-state index in [9.17, 15) is 9.90 Å². The number of piperidine rings is 1. The van der Waals surface area contributed by atoms with E-state index in [1.165, 1.54) is 0 Å². The Morgan fingerprint density at radius 1 is 1.20 bits per heavy atom. The smallest absolute Gasteiger partial charge is 0.308 e. The van der Waals surface area contributed by atoms with Gasteiger partial charge in [-0.3, -0.25) is 4.79 Å². The van der Waals surface area contributed by atoms with E-state index in [-0.39, 0.29) is 5.92 Å². The number of carboxylic acids is 1. The zero-order valence-electron chi connectivity index (χ0n) is 13.9. The lowest BCUT2D eigenvalue weighted by Crippen LogP contribution is -2.39. The van der Waals surface area contributed by atoms with Crippen molar-refractivity contribution in [2.24, 2.45) is 5.92 Å². The fraction of sp³-hybridized carbons (Fsp3) is 0.368. The van der Waals surface area contributed by atoms with E-state index < -0.39 is 5.97 Å². The molecule has 1 aromatic heterocycles. The van der Waals surface area contributed by atoms with Crippen LogP contribution in [0.1, 0.15) is 12.8 Å². The number of para-hydroxylation sites is 1. The predicted molar refractivity (Wildman–Crippen MR) is 93.2 cm³/mol. The van der Waals surface area contributed by atoms with E-state index in [0.29, 0.717) is 19.8 Å². The molecular weight excluding hydrogens is 320 g/mol. The molecule has 3 heterocycles. The highest BCUT2D eigenvalue weighted by Gasteiger charge is 2.26. The van der Waals surface area contributed by atoms with Crippen molar-refractivity contribution in [1.29, 1.82) is 0 Å². The third kappa shape index (κ3) is 3.12. The van der Waals surface area contributed by atoms with Crippen LogP contribution >= 0.6 is 0 Å². The second-order valence-electron chi connectivity index (χ2n) is 6.36. The van der Waals surface area contributed by atoms with Gasteiger partial charge < -0.3 is 19.5 Å². The summed E-state index contributed by atoms with van der Waals surface area (Å²) in [5, 5.41) is 9.24. The minimum absolute atomic E-state index is 0.318. The number of carboxylic acid groups (broad SMARTS) is 1. The third-order valence-electron chi connectivity index (χ3n) is 4.72. The first-order valence-corrected chi connectivity index (χ1v) is 8.55. The van der Waals surface area contributed by atoms with E-state index in [2.05, 4.69) is 4.98 Å². The van der Waals surface area contributed by atoms with Crippen LogP contribution in [0.3, 0.4) is 0 Å². The molecule has 0 spiro atoms. The van der Waals surface area contributed by atoms with Crippen LogP contribution in [-0.2, 0) is 4.79 Å². The molecule has 1 fully saturated rings. The van der Waals surface area contributed by atoms with Crippen LogP contribution in [0.2, 0.25) is 0 Å². The normalized spacial score (nSPS) is 19.5. The van der Waals surface area contributed by atoms with Crippen LogP contribution in [0, 0.1) is 5.92 Å². The van der Waals surface area contributed by atoms with Crippen molar-refractivity contribution in [1.82, 2.24) is 4.98 Å². The zero-order chi connectivity index (χ0) is 17.2. The Morgan fingerprint density at radius 3 is 2.88 bits per heavy atom. The molecule has 2 aliphatic rings. The van der Waals surface area contributed by atoms with Gasteiger partial charge in [0.2, 0.25) is 0 Å². The zero-order valence-corrected chi connectivity index (χ0v) is 13.9. The van der Waals surface area contributed by atoms with Crippen molar-refractivity contribution in [3.8, 4) is 22.6 Å². The number of hydrogen-bond acceptors (Lipinski definition) is 5. The van der Waals surface area contributed by atoms with Gasteiger partial charge in [-0.1, -0.05) is 12.1 Å².